The van der Waals surface area contributed by atoms with Crippen LogP contribution in [0.4, 0.5) is 11.5 Å². The fourth-order valence-corrected chi connectivity index (χ4v) is 1.83. The van der Waals surface area contributed by atoms with E-state index in [1.165, 1.54) is 11.1 Å². The van der Waals surface area contributed by atoms with Crippen LogP contribution in [0, 0.1) is 11.3 Å². The molecule has 1 aromatic heterocycles. The summed E-state index contributed by atoms with van der Waals surface area (Å²) in [5.74, 6) is 0.490. The second kappa shape index (κ2) is 5.85. The minimum absolute atomic E-state index is 0.206. The normalized spacial score (nSPS) is 9.65. The molecule has 0 bridgehead atoms. The van der Waals surface area contributed by atoms with E-state index in [2.05, 4.69) is 16.4 Å². The quantitative estimate of drug-likeness (QED) is 0.925. The molecule has 5 heteroatoms. The Bertz CT molecular complexity index is 658. The second-order valence-corrected chi connectivity index (χ2v) is 4.18. The number of anilines is 2. The number of rotatable bonds is 3. The molecule has 1 heterocycles. The van der Waals surface area contributed by atoms with E-state index in [4.69, 9.17) is 5.26 Å². The van der Waals surface area contributed by atoms with Crippen molar-refractivity contribution in [1.82, 2.24) is 4.98 Å². The van der Waals surface area contributed by atoms with Gasteiger partial charge in [-0.25, -0.2) is 4.98 Å². The smallest absolute Gasteiger partial charge is 0.259 e. The Hall–Kier alpha value is -2.87. The molecule has 2 aromatic rings. The standard InChI is InChI=1S/C15H14N4O/c1-17-14-8-7-12(10-18-14)15(20)19(2)13-6-4-3-5-11(13)9-16/h3-8,10H,1-2H3,(H,17,18). The van der Waals surface area contributed by atoms with E-state index in [1.54, 1.807) is 50.5 Å². The Kier molecular flexibility index (Phi) is 3.96. The second-order valence-electron chi connectivity index (χ2n) is 4.18. The highest BCUT2D eigenvalue weighted by Gasteiger charge is 2.16. The zero-order chi connectivity index (χ0) is 14.5. The van der Waals surface area contributed by atoms with E-state index < -0.39 is 0 Å². The molecule has 1 N–H and O–H groups in total. The lowest BCUT2D eigenvalue weighted by molar-refractivity contribution is 0.0992. The summed E-state index contributed by atoms with van der Waals surface area (Å²) in [4.78, 5) is 17.9. The molecular weight excluding hydrogens is 252 g/mol. The van der Waals surface area contributed by atoms with Gasteiger partial charge in [0.25, 0.3) is 5.91 Å². The summed E-state index contributed by atoms with van der Waals surface area (Å²) in [6.07, 6.45) is 1.51. The van der Waals surface area contributed by atoms with E-state index in [9.17, 15) is 4.79 Å². The summed E-state index contributed by atoms with van der Waals surface area (Å²) in [6.45, 7) is 0. The average molecular weight is 266 g/mol. The molecule has 1 amide bonds. The molecule has 1 aromatic carbocycles. The summed E-state index contributed by atoms with van der Waals surface area (Å²) in [7, 11) is 3.41. The van der Waals surface area contributed by atoms with Crippen LogP contribution in [0.2, 0.25) is 0 Å². The molecule has 0 spiro atoms. The minimum atomic E-state index is -0.206. The summed E-state index contributed by atoms with van der Waals surface area (Å²) < 4.78 is 0. The highest BCUT2D eigenvalue weighted by molar-refractivity contribution is 6.06. The molecule has 0 aliphatic rings. The first-order valence-electron chi connectivity index (χ1n) is 6.08. The molecule has 0 saturated heterocycles. The van der Waals surface area contributed by atoms with Gasteiger partial charge in [0.05, 0.1) is 16.8 Å². The molecule has 0 aliphatic heterocycles. The summed E-state index contributed by atoms with van der Waals surface area (Å²) in [5.41, 5.74) is 1.51. The van der Waals surface area contributed by atoms with Crippen LogP contribution in [0.1, 0.15) is 15.9 Å². The predicted octanol–water partition coefficient (Wildman–Crippen LogP) is 2.27. The van der Waals surface area contributed by atoms with Crippen molar-refractivity contribution in [2.24, 2.45) is 0 Å². The number of benzene rings is 1. The van der Waals surface area contributed by atoms with Crippen LogP contribution >= 0.6 is 0 Å². The summed E-state index contributed by atoms with van der Waals surface area (Å²) >= 11 is 0. The number of nitrogens with one attached hydrogen (secondary N) is 1. The largest absolute Gasteiger partial charge is 0.373 e. The molecule has 0 aliphatic carbocycles. The first-order chi connectivity index (χ1) is 9.67. The van der Waals surface area contributed by atoms with E-state index in [1.807, 2.05) is 0 Å². The van der Waals surface area contributed by atoms with Crippen LogP contribution in [0.5, 0.6) is 0 Å². The lowest BCUT2D eigenvalue weighted by Gasteiger charge is -2.18. The Morgan fingerprint density at radius 3 is 2.65 bits per heavy atom. The zero-order valence-corrected chi connectivity index (χ0v) is 11.3. The highest BCUT2D eigenvalue weighted by atomic mass is 16.2. The summed E-state index contributed by atoms with van der Waals surface area (Å²) in [5, 5.41) is 12.0. The highest BCUT2D eigenvalue weighted by Crippen LogP contribution is 2.20. The molecule has 0 fully saturated rings. The number of pyridine rings is 1. The van der Waals surface area contributed by atoms with Gasteiger partial charge in [0.2, 0.25) is 0 Å². The molecule has 100 valence electrons. The molecular formula is C15H14N4O. The van der Waals surface area contributed by atoms with E-state index in [0.717, 1.165) is 0 Å². The van der Waals surface area contributed by atoms with Crippen molar-refractivity contribution >= 4 is 17.4 Å². The van der Waals surface area contributed by atoms with Crippen LogP contribution in [0.15, 0.2) is 42.6 Å². The third-order valence-electron chi connectivity index (χ3n) is 2.96. The van der Waals surface area contributed by atoms with Gasteiger partial charge in [-0.05, 0) is 24.3 Å². The third kappa shape index (κ3) is 2.59. The molecule has 0 radical (unpaired) electrons. The van der Waals surface area contributed by atoms with Crippen molar-refractivity contribution in [3.05, 3.63) is 53.7 Å². The fourth-order valence-electron chi connectivity index (χ4n) is 1.83. The molecule has 20 heavy (non-hydrogen) atoms. The number of carbonyl (C=O) groups is 1. The van der Waals surface area contributed by atoms with Crippen molar-refractivity contribution in [1.29, 1.82) is 5.26 Å². The number of aromatic nitrogens is 1. The molecule has 5 nitrogen and oxygen atoms in total. The lowest BCUT2D eigenvalue weighted by Crippen LogP contribution is -2.27. The topological polar surface area (TPSA) is 69.0 Å². The van der Waals surface area contributed by atoms with Crippen molar-refractivity contribution in [2.45, 2.75) is 0 Å². The van der Waals surface area contributed by atoms with Gasteiger partial charge in [0.15, 0.2) is 0 Å². The monoisotopic (exact) mass is 266 g/mol. The van der Waals surface area contributed by atoms with E-state index in [0.29, 0.717) is 22.6 Å². The maximum atomic E-state index is 12.4. The number of nitrogens with zero attached hydrogens (tertiary/aromatic N) is 3. The molecule has 0 saturated carbocycles. The van der Waals surface area contributed by atoms with E-state index in [-0.39, 0.29) is 5.91 Å². The number of hydrogen-bond acceptors (Lipinski definition) is 4. The fraction of sp³-hybridized carbons (Fsp3) is 0.133. The van der Waals surface area contributed by atoms with Gasteiger partial charge < -0.3 is 10.2 Å². The number of nitriles is 1. The van der Waals surface area contributed by atoms with Crippen LogP contribution in [0.25, 0.3) is 0 Å². The summed E-state index contributed by atoms with van der Waals surface area (Å²) in [6, 6.07) is 12.5. The number of hydrogen-bond donors (Lipinski definition) is 1. The van der Waals surface area contributed by atoms with Gasteiger partial charge in [0.1, 0.15) is 11.9 Å². The minimum Gasteiger partial charge on any atom is -0.373 e. The van der Waals surface area contributed by atoms with Gasteiger partial charge in [-0.3, -0.25) is 4.79 Å². The SMILES string of the molecule is CNc1ccc(C(=O)N(C)c2ccccc2C#N)cn1. The molecule has 2 rings (SSSR count). The van der Waals surface area contributed by atoms with Gasteiger partial charge in [0, 0.05) is 20.3 Å². The Balaban J connectivity index is 2.30. The number of para-hydroxylation sites is 1. The van der Waals surface area contributed by atoms with Crippen LogP contribution in [-0.4, -0.2) is 25.0 Å². The molecule has 0 atom stereocenters. The van der Waals surface area contributed by atoms with Crippen LogP contribution in [0.3, 0.4) is 0 Å². The number of carbonyl (C=O) groups excluding carboxylic acids is 1. The van der Waals surface area contributed by atoms with Gasteiger partial charge in [-0.1, -0.05) is 12.1 Å². The van der Waals surface area contributed by atoms with Gasteiger partial charge in [-0.2, -0.15) is 5.26 Å². The first-order valence-corrected chi connectivity index (χ1v) is 6.08. The Labute approximate surface area is 117 Å². The van der Waals surface area contributed by atoms with Gasteiger partial charge in [-0.15, -0.1) is 0 Å². The van der Waals surface area contributed by atoms with Gasteiger partial charge >= 0.3 is 0 Å². The van der Waals surface area contributed by atoms with Crippen molar-refractivity contribution < 1.29 is 4.79 Å². The van der Waals surface area contributed by atoms with Crippen molar-refractivity contribution in [3.8, 4) is 6.07 Å². The maximum Gasteiger partial charge on any atom is 0.259 e. The van der Waals surface area contributed by atoms with Crippen molar-refractivity contribution in [2.75, 3.05) is 24.3 Å². The third-order valence-corrected chi connectivity index (χ3v) is 2.96. The Morgan fingerprint density at radius 2 is 2.05 bits per heavy atom. The van der Waals surface area contributed by atoms with Crippen LogP contribution in [-0.2, 0) is 0 Å². The zero-order valence-electron chi connectivity index (χ0n) is 11.3. The van der Waals surface area contributed by atoms with Crippen LogP contribution < -0.4 is 10.2 Å². The van der Waals surface area contributed by atoms with Crippen molar-refractivity contribution in [3.63, 3.8) is 0 Å². The van der Waals surface area contributed by atoms with E-state index >= 15 is 0 Å². The first kappa shape index (κ1) is 13.6. The maximum absolute atomic E-state index is 12.4. The lowest BCUT2D eigenvalue weighted by atomic mass is 10.1. The average Bonchev–Trinajstić information content (AvgIpc) is 2.53. The Morgan fingerprint density at radius 1 is 1.30 bits per heavy atom. The predicted molar refractivity (Wildman–Crippen MR) is 77.7 cm³/mol. The number of amides is 1. The molecule has 0 unspecified atom stereocenters.